The molecule has 0 aliphatic heterocycles. The van der Waals surface area contributed by atoms with E-state index in [9.17, 15) is 4.79 Å². The molecule has 0 aromatic carbocycles. The van der Waals surface area contributed by atoms with Crippen molar-refractivity contribution < 1.29 is 9.53 Å². The predicted octanol–water partition coefficient (Wildman–Crippen LogP) is 3.57. The molecule has 0 radical (unpaired) electrons. The normalized spacial score (nSPS) is 13.3. The molecule has 82 valence electrons. The molecule has 1 aromatic rings. The first-order valence-electron chi connectivity index (χ1n) is 4.67. The molecule has 0 saturated carbocycles. The van der Waals surface area contributed by atoms with Crippen LogP contribution in [-0.4, -0.2) is 18.5 Å². The Bertz CT molecular complexity index is 357. The molecule has 1 heterocycles. The highest BCUT2D eigenvalue weighted by Crippen LogP contribution is 2.23. The van der Waals surface area contributed by atoms with Gasteiger partial charge in [-0.1, -0.05) is 23.8 Å². The summed E-state index contributed by atoms with van der Waals surface area (Å²) in [5.41, 5.74) is 0. The lowest BCUT2D eigenvalue weighted by molar-refractivity contribution is 0.0570. The van der Waals surface area contributed by atoms with Gasteiger partial charge < -0.3 is 4.74 Å². The van der Waals surface area contributed by atoms with E-state index in [2.05, 4.69) is 0 Å². The van der Waals surface area contributed by atoms with Gasteiger partial charge in [0.25, 0.3) is 0 Å². The summed E-state index contributed by atoms with van der Waals surface area (Å²) >= 11 is 7.03. The van der Waals surface area contributed by atoms with Gasteiger partial charge in [0.05, 0.1) is 15.8 Å². The van der Waals surface area contributed by atoms with E-state index < -0.39 is 6.10 Å². The van der Waals surface area contributed by atoms with E-state index in [4.69, 9.17) is 16.3 Å². The summed E-state index contributed by atoms with van der Waals surface area (Å²) in [4.78, 5) is 12.4. The molecule has 15 heavy (non-hydrogen) atoms. The monoisotopic (exact) mass is 244 g/mol. The molecule has 2 nitrogen and oxygen atoms in total. The zero-order chi connectivity index (χ0) is 11.3. The third kappa shape index (κ3) is 3.78. The molecule has 0 fully saturated rings. The van der Waals surface area contributed by atoms with Crippen LogP contribution in [0.15, 0.2) is 24.3 Å². The number of thiophene rings is 1. The third-order valence-corrected chi connectivity index (χ3v) is 3.11. The van der Waals surface area contributed by atoms with Crippen LogP contribution in [0.1, 0.15) is 23.5 Å². The number of ketones is 1. The Balaban J connectivity index is 2.53. The minimum absolute atomic E-state index is 0.0172. The van der Waals surface area contributed by atoms with Crippen LogP contribution in [0.25, 0.3) is 0 Å². The van der Waals surface area contributed by atoms with Gasteiger partial charge in [0.2, 0.25) is 5.78 Å². The number of rotatable bonds is 5. The molecular formula is C11H13ClO2S. The minimum Gasteiger partial charge on any atom is -0.366 e. The Kier molecular flexibility index (Phi) is 5.02. The van der Waals surface area contributed by atoms with Gasteiger partial charge in [0.1, 0.15) is 6.10 Å². The number of carbonyl (C=O) groups excluding carboxylic acids is 1. The first kappa shape index (κ1) is 12.4. The minimum atomic E-state index is -0.420. The fraction of sp³-hybridized carbons (Fsp3) is 0.364. The van der Waals surface area contributed by atoms with Crippen LogP contribution in [0, 0.1) is 0 Å². The largest absolute Gasteiger partial charge is 0.366 e. The Morgan fingerprint density at radius 3 is 2.93 bits per heavy atom. The molecule has 0 aliphatic rings. The summed E-state index contributed by atoms with van der Waals surface area (Å²) in [6.45, 7) is 4.12. The topological polar surface area (TPSA) is 26.3 Å². The van der Waals surface area contributed by atoms with Crippen LogP contribution in [0.2, 0.25) is 4.34 Å². The lowest BCUT2D eigenvalue weighted by Gasteiger charge is -2.08. The smallest absolute Gasteiger partial charge is 0.201 e. The fourth-order valence-electron chi connectivity index (χ4n) is 1.02. The maximum Gasteiger partial charge on any atom is 0.201 e. The van der Waals surface area contributed by atoms with Crippen molar-refractivity contribution in [1.29, 1.82) is 0 Å². The van der Waals surface area contributed by atoms with Crippen molar-refractivity contribution in [2.75, 3.05) is 6.61 Å². The Hall–Kier alpha value is -0.640. The molecule has 1 aromatic heterocycles. The van der Waals surface area contributed by atoms with Crippen molar-refractivity contribution in [3.8, 4) is 0 Å². The Morgan fingerprint density at radius 1 is 1.67 bits per heavy atom. The maximum atomic E-state index is 11.8. The summed E-state index contributed by atoms with van der Waals surface area (Å²) in [5, 5.41) is 0. The van der Waals surface area contributed by atoms with Crippen molar-refractivity contribution in [2.45, 2.75) is 20.0 Å². The molecule has 1 unspecified atom stereocenters. The van der Waals surface area contributed by atoms with Gasteiger partial charge >= 0.3 is 0 Å². The van der Waals surface area contributed by atoms with Crippen molar-refractivity contribution in [3.05, 3.63) is 33.5 Å². The van der Waals surface area contributed by atoms with Gasteiger partial charge in [0.15, 0.2) is 0 Å². The number of hydrogen-bond acceptors (Lipinski definition) is 3. The molecule has 0 bridgehead atoms. The summed E-state index contributed by atoms with van der Waals surface area (Å²) in [5.74, 6) is -0.0172. The van der Waals surface area contributed by atoms with Crippen LogP contribution in [-0.2, 0) is 4.74 Å². The van der Waals surface area contributed by atoms with Crippen LogP contribution < -0.4 is 0 Å². The summed E-state index contributed by atoms with van der Waals surface area (Å²) in [7, 11) is 0. The second-order valence-corrected chi connectivity index (χ2v) is 4.73. The average molecular weight is 245 g/mol. The van der Waals surface area contributed by atoms with Crippen LogP contribution >= 0.6 is 22.9 Å². The van der Waals surface area contributed by atoms with Gasteiger partial charge in [-0.05, 0) is 26.0 Å². The number of allylic oxidation sites excluding steroid dienone is 1. The molecule has 1 rings (SSSR count). The van der Waals surface area contributed by atoms with Gasteiger partial charge in [-0.3, -0.25) is 4.79 Å². The molecule has 0 N–H and O–H groups in total. The van der Waals surface area contributed by atoms with E-state index in [0.29, 0.717) is 15.8 Å². The lowest BCUT2D eigenvalue weighted by atomic mass is 10.2. The molecule has 4 heteroatoms. The average Bonchev–Trinajstić information content (AvgIpc) is 2.64. The van der Waals surface area contributed by atoms with E-state index in [0.717, 1.165) is 0 Å². The highest BCUT2D eigenvalue weighted by molar-refractivity contribution is 7.18. The Labute approximate surface area is 98.5 Å². The Morgan fingerprint density at radius 2 is 2.40 bits per heavy atom. The zero-order valence-corrected chi connectivity index (χ0v) is 10.3. The molecule has 0 aliphatic carbocycles. The quantitative estimate of drug-likeness (QED) is 0.585. The first-order valence-corrected chi connectivity index (χ1v) is 5.87. The predicted molar refractivity (Wildman–Crippen MR) is 63.9 cm³/mol. The van der Waals surface area contributed by atoms with E-state index in [1.807, 2.05) is 19.1 Å². The van der Waals surface area contributed by atoms with Gasteiger partial charge in [0, 0.05) is 0 Å². The van der Waals surface area contributed by atoms with Crippen LogP contribution in [0.4, 0.5) is 0 Å². The van der Waals surface area contributed by atoms with Crippen molar-refractivity contribution in [2.24, 2.45) is 0 Å². The van der Waals surface area contributed by atoms with Crippen molar-refractivity contribution in [1.82, 2.24) is 0 Å². The van der Waals surface area contributed by atoms with Crippen LogP contribution in [0.3, 0.4) is 0 Å². The van der Waals surface area contributed by atoms with Gasteiger partial charge in [-0.25, -0.2) is 0 Å². The van der Waals surface area contributed by atoms with Gasteiger partial charge in [-0.2, -0.15) is 0 Å². The number of halogens is 1. The molecule has 0 spiro atoms. The fourth-order valence-corrected chi connectivity index (χ4v) is 2.08. The highest BCUT2D eigenvalue weighted by atomic mass is 35.5. The van der Waals surface area contributed by atoms with Gasteiger partial charge in [-0.15, -0.1) is 11.3 Å². The standard InChI is InChI=1S/C11H13ClO2S/c1-3-4-7-14-8(2)11(13)9-5-6-10(12)15-9/h3-6,8H,7H2,1-2H3. The van der Waals surface area contributed by atoms with Crippen molar-refractivity contribution in [3.63, 3.8) is 0 Å². The number of hydrogen-bond donors (Lipinski definition) is 0. The highest BCUT2D eigenvalue weighted by Gasteiger charge is 2.16. The third-order valence-electron chi connectivity index (χ3n) is 1.86. The number of ether oxygens (including phenoxy) is 1. The lowest BCUT2D eigenvalue weighted by Crippen LogP contribution is -2.19. The van der Waals surface area contributed by atoms with E-state index >= 15 is 0 Å². The van der Waals surface area contributed by atoms with Crippen molar-refractivity contribution >= 4 is 28.7 Å². The molecular weight excluding hydrogens is 232 g/mol. The first-order chi connectivity index (χ1) is 7.15. The van der Waals surface area contributed by atoms with E-state index in [-0.39, 0.29) is 5.78 Å². The number of Topliss-reactive ketones (excluding diaryl/α,β-unsaturated/α-hetero) is 1. The SMILES string of the molecule is CC=CCOC(C)C(=O)c1ccc(Cl)s1. The van der Waals surface area contributed by atoms with E-state index in [1.165, 1.54) is 11.3 Å². The molecule has 1 atom stereocenters. The van der Waals surface area contributed by atoms with E-state index in [1.54, 1.807) is 19.1 Å². The summed E-state index contributed by atoms with van der Waals surface area (Å²) < 4.78 is 5.96. The van der Waals surface area contributed by atoms with Crippen LogP contribution in [0.5, 0.6) is 0 Å². The summed E-state index contributed by atoms with van der Waals surface area (Å²) in [6.07, 6.45) is 3.33. The molecule has 0 amide bonds. The second kappa shape index (κ2) is 6.05. The summed E-state index contributed by atoms with van der Waals surface area (Å²) in [6, 6.07) is 3.45. The molecule has 0 saturated heterocycles. The maximum absolute atomic E-state index is 11.8. The number of carbonyl (C=O) groups is 1. The second-order valence-electron chi connectivity index (χ2n) is 3.01. The zero-order valence-electron chi connectivity index (χ0n) is 8.70.